The van der Waals surface area contributed by atoms with Gasteiger partial charge in [0.1, 0.15) is 4.90 Å². The minimum atomic E-state index is -3.49. The second kappa shape index (κ2) is 7.77. The predicted molar refractivity (Wildman–Crippen MR) is 86.1 cm³/mol. The van der Waals surface area contributed by atoms with Crippen LogP contribution in [-0.4, -0.2) is 33.7 Å². The Labute approximate surface area is 128 Å². The van der Waals surface area contributed by atoms with Gasteiger partial charge in [0.2, 0.25) is 10.0 Å². The zero-order valence-corrected chi connectivity index (χ0v) is 14.1. The van der Waals surface area contributed by atoms with Crippen molar-refractivity contribution in [2.24, 2.45) is 0 Å². The van der Waals surface area contributed by atoms with Crippen LogP contribution in [-0.2, 0) is 14.8 Å². The molecular formula is C15H26N2O3S. The van der Waals surface area contributed by atoms with Gasteiger partial charge in [-0.25, -0.2) is 13.1 Å². The molecule has 1 aromatic rings. The van der Waals surface area contributed by atoms with Crippen LogP contribution in [0.4, 0.5) is 5.69 Å². The number of benzene rings is 1. The first-order chi connectivity index (χ1) is 9.82. The summed E-state index contributed by atoms with van der Waals surface area (Å²) in [6.45, 7) is 9.38. The number of para-hydroxylation sites is 1. The van der Waals surface area contributed by atoms with Gasteiger partial charge in [-0.1, -0.05) is 19.1 Å². The van der Waals surface area contributed by atoms with Crippen molar-refractivity contribution >= 4 is 15.7 Å². The fourth-order valence-electron chi connectivity index (χ4n) is 1.91. The first-order valence-electron chi connectivity index (χ1n) is 7.29. The predicted octanol–water partition coefficient (Wildman–Crippen LogP) is 2.60. The Kier molecular flexibility index (Phi) is 6.64. The molecule has 0 saturated carbocycles. The van der Waals surface area contributed by atoms with Gasteiger partial charge < -0.3 is 10.1 Å². The molecule has 6 heteroatoms. The van der Waals surface area contributed by atoms with Crippen LogP contribution in [0, 0.1) is 0 Å². The first-order valence-corrected chi connectivity index (χ1v) is 8.77. The minimum absolute atomic E-state index is 0.269. The van der Waals surface area contributed by atoms with Crippen molar-refractivity contribution < 1.29 is 13.2 Å². The molecule has 0 fully saturated rings. The Bertz CT molecular complexity index is 542. The van der Waals surface area contributed by atoms with E-state index in [0.29, 0.717) is 25.4 Å². The van der Waals surface area contributed by atoms with Crippen molar-refractivity contribution in [3.05, 3.63) is 24.3 Å². The van der Waals surface area contributed by atoms with E-state index >= 15 is 0 Å². The number of ether oxygens (including phenoxy) is 1. The Hall–Kier alpha value is -1.11. The van der Waals surface area contributed by atoms with Gasteiger partial charge in [0.05, 0.1) is 11.3 Å². The highest BCUT2D eigenvalue weighted by atomic mass is 32.2. The SMILES string of the molecule is CCCNS(=O)(=O)c1ccccc1NCC(C)(C)OCC. The van der Waals surface area contributed by atoms with E-state index in [9.17, 15) is 8.42 Å². The van der Waals surface area contributed by atoms with Crippen LogP contribution >= 0.6 is 0 Å². The zero-order chi connectivity index (χ0) is 15.9. The Morgan fingerprint density at radius 3 is 2.48 bits per heavy atom. The first kappa shape index (κ1) is 17.9. The molecule has 0 unspecified atom stereocenters. The number of rotatable bonds is 9. The summed E-state index contributed by atoms with van der Waals surface area (Å²) in [7, 11) is -3.49. The van der Waals surface area contributed by atoms with E-state index in [4.69, 9.17) is 4.74 Å². The van der Waals surface area contributed by atoms with Crippen LogP contribution in [0.2, 0.25) is 0 Å². The van der Waals surface area contributed by atoms with Crippen molar-refractivity contribution in [1.82, 2.24) is 4.72 Å². The number of anilines is 1. The van der Waals surface area contributed by atoms with E-state index in [2.05, 4.69) is 10.0 Å². The lowest BCUT2D eigenvalue weighted by molar-refractivity contribution is 0.000660. The molecule has 120 valence electrons. The minimum Gasteiger partial charge on any atom is -0.381 e. The molecule has 0 aliphatic heterocycles. The molecule has 21 heavy (non-hydrogen) atoms. The molecule has 0 saturated heterocycles. The monoisotopic (exact) mass is 314 g/mol. The van der Waals surface area contributed by atoms with Crippen molar-refractivity contribution in [3.63, 3.8) is 0 Å². The second-order valence-corrected chi connectivity index (χ2v) is 7.18. The van der Waals surface area contributed by atoms with Crippen molar-refractivity contribution in [3.8, 4) is 0 Å². The third-order valence-corrected chi connectivity index (χ3v) is 4.48. The molecule has 0 spiro atoms. The maximum Gasteiger partial charge on any atom is 0.242 e. The third-order valence-electron chi connectivity index (χ3n) is 2.96. The average Bonchev–Trinajstić information content (AvgIpc) is 2.43. The van der Waals surface area contributed by atoms with Gasteiger partial charge in [-0.3, -0.25) is 0 Å². The van der Waals surface area contributed by atoms with Crippen LogP contribution in [0.1, 0.15) is 34.1 Å². The molecule has 5 nitrogen and oxygen atoms in total. The molecule has 0 aliphatic rings. The Morgan fingerprint density at radius 1 is 1.19 bits per heavy atom. The topological polar surface area (TPSA) is 67.4 Å². The molecule has 1 aromatic carbocycles. The van der Waals surface area contributed by atoms with E-state index in [1.54, 1.807) is 18.2 Å². The van der Waals surface area contributed by atoms with Crippen LogP contribution in [0.15, 0.2) is 29.2 Å². The maximum absolute atomic E-state index is 12.3. The number of hydrogen-bond donors (Lipinski definition) is 2. The molecule has 0 aromatic heterocycles. The van der Waals surface area contributed by atoms with Crippen LogP contribution < -0.4 is 10.0 Å². The fourth-order valence-corrected chi connectivity index (χ4v) is 3.23. The normalized spacial score (nSPS) is 12.4. The van der Waals surface area contributed by atoms with Crippen molar-refractivity contribution in [2.45, 2.75) is 44.6 Å². The van der Waals surface area contributed by atoms with Gasteiger partial charge in [0.15, 0.2) is 0 Å². The smallest absolute Gasteiger partial charge is 0.242 e. The number of hydrogen-bond acceptors (Lipinski definition) is 4. The summed E-state index contributed by atoms with van der Waals surface area (Å²) < 4.78 is 32.8. The van der Waals surface area contributed by atoms with E-state index in [-0.39, 0.29) is 10.5 Å². The summed E-state index contributed by atoms with van der Waals surface area (Å²) in [5.74, 6) is 0. The molecule has 1 rings (SSSR count). The zero-order valence-electron chi connectivity index (χ0n) is 13.3. The molecule has 0 bridgehead atoms. The lowest BCUT2D eigenvalue weighted by atomic mass is 10.1. The summed E-state index contributed by atoms with van der Waals surface area (Å²) in [5.41, 5.74) is 0.233. The molecule has 0 atom stereocenters. The summed E-state index contributed by atoms with van der Waals surface area (Å²) >= 11 is 0. The summed E-state index contributed by atoms with van der Waals surface area (Å²) in [5, 5.41) is 3.18. The quantitative estimate of drug-likeness (QED) is 0.735. The van der Waals surface area contributed by atoms with Gasteiger partial charge in [0, 0.05) is 19.7 Å². The molecule has 0 radical (unpaired) electrons. The van der Waals surface area contributed by atoms with Crippen LogP contribution in [0.5, 0.6) is 0 Å². The maximum atomic E-state index is 12.3. The van der Waals surface area contributed by atoms with Gasteiger partial charge >= 0.3 is 0 Å². The average molecular weight is 314 g/mol. The lowest BCUT2D eigenvalue weighted by Crippen LogP contribution is -2.34. The number of nitrogens with one attached hydrogen (secondary N) is 2. The van der Waals surface area contributed by atoms with E-state index in [0.717, 1.165) is 6.42 Å². The molecule has 0 amide bonds. The van der Waals surface area contributed by atoms with Crippen molar-refractivity contribution in [2.75, 3.05) is 25.0 Å². The highest BCUT2D eigenvalue weighted by Crippen LogP contribution is 2.22. The molecular weight excluding hydrogens is 288 g/mol. The highest BCUT2D eigenvalue weighted by molar-refractivity contribution is 7.89. The van der Waals surface area contributed by atoms with Crippen LogP contribution in [0.3, 0.4) is 0 Å². The molecule has 2 N–H and O–H groups in total. The van der Waals surface area contributed by atoms with Gasteiger partial charge in [-0.05, 0) is 39.3 Å². The van der Waals surface area contributed by atoms with E-state index in [1.807, 2.05) is 33.8 Å². The summed E-state index contributed by atoms with van der Waals surface area (Å²) in [6.07, 6.45) is 0.756. The lowest BCUT2D eigenvalue weighted by Gasteiger charge is -2.26. The largest absolute Gasteiger partial charge is 0.381 e. The van der Waals surface area contributed by atoms with Gasteiger partial charge in [-0.15, -0.1) is 0 Å². The molecule has 0 heterocycles. The van der Waals surface area contributed by atoms with E-state index < -0.39 is 10.0 Å². The molecule has 0 aliphatic carbocycles. The summed E-state index contributed by atoms with van der Waals surface area (Å²) in [6, 6.07) is 6.91. The highest BCUT2D eigenvalue weighted by Gasteiger charge is 2.21. The fraction of sp³-hybridized carbons (Fsp3) is 0.600. The number of sulfonamides is 1. The Balaban J connectivity index is 2.90. The van der Waals surface area contributed by atoms with Gasteiger partial charge in [0.25, 0.3) is 0 Å². The second-order valence-electron chi connectivity index (χ2n) is 5.44. The summed E-state index contributed by atoms with van der Waals surface area (Å²) in [4.78, 5) is 0.269. The van der Waals surface area contributed by atoms with Crippen molar-refractivity contribution in [1.29, 1.82) is 0 Å². The van der Waals surface area contributed by atoms with Crippen LogP contribution in [0.25, 0.3) is 0 Å². The third kappa shape index (κ3) is 5.65. The van der Waals surface area contributed by atoms with E-state index in [1.165, 1.54) is 0 Å². The Morgan fingerprint density at radius 2 is 1.86 bits per heavy atom. The van der Waals surface area contributed by atoms with Gasteiger partial charge in [-0.2, -0.15) is 0 Å². The standard InChI is InChI=1S/C15H26N2O3S/c1-5-11-17-21(18,19)14-10-8-7-9-13(14)16-12-15(3,4)20-6-2/h7-10,16-17H,5-6,11-12H2,1-4H3.